The third kappa shape index (κ3) is 2.45. The second kappa shape index (κ2) is 5.87. The summed E-state index contributed by atoms with van der Waals surface area (Å²) in [5.41, 5.74) is 3.74. The Morgan fingerprint density at radius 3 is 2.85 bits per heavy atom. The molecule has 2 aromatic carbocycles. The minimum atomic E-state index is 0.335. The van der Waals surface area contributed by atoms with Crippen molar-refractivity contribution in [1.82, 2.24) is 4.90 Å². The highest BCUT2D eigenvalue weighted by molar-refractivity contribution is 5.84. The summed E-state index contributed by atoms with van der Waals surface area (Å²) in [7, 11) is 0. The quantitative estimate of drug-likeness (QED) is 0.718. The first-order chi connectivity index (χ1) is 13.3. The molecule has 3 aromatic rings. The first-order valence-electron chi connectivity index (χ1n) is 10.3. The molecule has 5 atom stereocenters. The van der Waals surface area contributed by atoms with Gasteiger partial charge in [-0.1, -0.05) is 30.3 Å². The molecule has 3 nitrogen and oxygen atoms in total. The molecule has 3 fully saturated rings. The van der Waals surface area contributed by atoms with Crippen molar-refractivity contribution in [1.29, 1.82) is 0 Å². The maximum absolute atomic E-state index is 9.97. The molecule has 1 saturated carbocycles. The number of aromatic hydroxyl groups is 1. The third-order valence-electron chi connectivity index (χ3n) is 7.17. The molecular formula is C24H25NO2. The number of hydrogen-bond donors (Lipinski definition) is 1. The minimum absolute atomic E-state index is 0.335. The van der Waals surface area contributed by atoms with Gasteiger partial charge in [-0.15, -0.1) is 0 Å². The smallest absolute Gasteiger partial charge is 0.134 e. The molecule has 5 unspecified atom stereocenters. The fourth-order valence-electron chi connectivity index (χ4n) is 6.24. The lowest BCUT2D eigenvalue weighted by Gasteiger charge is -2.53. The number of benzene rings is 2. The topological polar surface area (TPSA) is 36.6 Å². The van der Waals surface area contributed by atoms with Gasteiger partial charge in [-0.25, -0.2) is 0 Å². The van der Waals surface area contributed by atoms with Crippen LogP contribution in [0.3, 0.4) is 0 Å². The number of hydrogen-bond acceptors (Lipinski definition) is 3. The van der Waals surface area contributed by atoms with Gasteiger partial charge < -0.3 is 9.52 Å². The van der Waals surface area contributed by atoms with Gasteiger partial charge in [0.15, 0.2) is 0 Å². The maximum Gasteiger partial charge on any atom is 0.134 e. The summed E-state index contributed by atoms with van der Waals surface area (Å²) >= 11 is 0. The molecule has 0 amide bonds. The lowest BCUT2D eigenvalue weighted by atomic mass is 9.65. The predicted octanol–water partition coefficient (Wildman–Crippen LogP) is 4.73. The number of nitrogens with zero attached hydrogens (tertiary/aromatic N) is 1. The molecule has 4 heterocycles. The van der Waals surface area contributed by atoms with Gasteiger partial charge in [-0.3, -0.25) is 4.90 Å². The van der Waals surface area contributed by atoms with E-state index in [-0.39, 0.29) is 0 Å². The fourth-order valence-corrected chi connectivity index (χ4v) is 6.24. The Kier molecular flexibility index (Phi) is 3.43. The lowest BCUT2D eigenvalue weighted by Crippen LogP contribution is -2.56. The van der Waals surface area contributed by atoms with Crippen molar-refractivity contribution in [3.05, 3.63) is 65.4 Å². The second-order valence-corrected chi connectivity index (χ2v) is 8.75. The van der Waals surface area contributed by atoms with E-state index in [0.29, 0.717) is 23.6 Å². The first-order valence-corrected chi connectivity index (χ1v) is 10.3. The maximum atomic E-state index is 9.97. The SMILES string of the molecule is Oc1ccc2oc3c(c2c1)CCN1CC2CC(Cc4ccccc4)C1C3C2. The molecule has 1 N–H and O–H groups in total. The van der Waals surface area contributed by atoms with Crippen LogP contribution in [0, 0.1) is 11.8 Å². The molecular weight excluding hydrogens is 334 g/mol. The van der Waals surface area contributed by atoms with E-state index in [1.165, 1.54) is 42.7 Å². The lowest BCUT2D eigenvalue weighted by molar-refractivity contribution is -0.0154. The van der Waals surface area contributed by atoms with E-state index < -0.39 is 0 Å². The second-order valence-electron chi connectivity index (χ2n) is 8.75. The largest absolute Gasteiger partial charge is 0.508 e. The van der Waals surface area contributed by atoms with Crippen molar-refractivity contribution < 1.29 is 9.52 Å². The number of rotatable bonds is 2. The van der Waals surface area contributed by atoms with E-state index in [4.69, 9.17) is 4.42 Å². The Labute approximate surface area is 159 Å². The summed E-state index contributed by atoms with van der Waals surface area (Å²) in [5.74, 6) is 3.53. The van der Waals surface area contributed by atoms with Crippen molar-refractivity contribution in [3.8, 4) is 5.75 Å². The van der Waals surface area contributed by atoms with Gasteiger partial charge in [0.2, 0.25) is 0 Å². The molecule has 1 aromatic heterocycles. The van der Waals surface area contributed by atoms with Crippen LogP contribution in [0.15, 0.2) is 52.9 Å². The monoisotopic (exact) mass is 359 g/mol. The van der Waals surface area contributed by atoms with Gasteiger partial charge in [-0.05, 0) is 61.3 Å². The van der Waals surface area contributed by atoms with Crippen molar-refractivity contribution in [2.75, 3.05) is 13.1 Å². The highest BCUT2D eigenvalue weighted by atomic mass is 16.3. The van der Waals surface area contributed by atoms with Crippen molar-refractivity contribution >= 4 is 11.0 Å². The van der Waals surface area contributed by atoms with E-state index in [1.807, 2.05) is 12.1 Å². The number of fused-ring (bicyclic) bond motifs is 4. The van der Waals surface area contributed by atoms with E-state index in [0.717, 1.165) is 29.9 Å². The highest BCUT2D eigenvalue weighted by Crippen LogP contribution is 2.52. The van der Waals surface area contributed by atoms with Crippen LogP contribution in [-0.2, 0) is 12.8 Å². The zero-order valence-corrected chi connectivity index (χ0v) is 15.5. The van der Waals surface area contributed by atoms with Crippen LogP contribution in [0.1, 0.15) is 35.6 Å². The first kappa shape index (κ1) is 15.8. The van der Waals surface area contributed by atoms with Gasteiger partial charge in [0, 0.05) is 36.0 Å². The van der Waals surface area contributed by atoms with Crippen LogP contribution >= 0.6 is 0 Å². The van der Waals surface area contributed by atoms with E-state index >= 15 is 0 Å². The van der Waals surface area contributed by atoms with Crippen LogP contribution < -0.4 is 0 Å². The summed E-state index contributed by atoms with van der Waals surface area (Å²) < 4.78 is 6.42. The molecule has 4 aliphatic rings. The number of phenolic OH excluding ortho intramolecular Hbond substituents is 1. The van der Waals surface area contributed by atoms with Crippen LogP contribution in [0.5, 0.6) is 5.75 Å². The molecule has 0 spiro atoms. The van der Waals surface area contributed by atoms with Crippen molar-refractivity contribution in [2.45, 2.75) is 37.6 Å². The Bertz CT molecular complexity index is 992. The van der Waals surface area contributed by atoms with Crippen molar-refractivity contribution in [3.63, 3.8) is 0 Å². The predicted molar refractivity (Wildman–Crippen MR) is 106 cm³/mol. The summed E-state index contributed by atoms with van der Waals surface area (Å²) in [6, 6.07) is 17.1. The Balaban J connectivity index is 1.42. The molecule has 3 heteroatoms. The summed E-state index contributed by atoms with van der Waals surface area (Å²) in [4.78, 5) is 2.75. The minimum Gasteiger partial charge on any atom is -0.508 e. The normalized spacial score (nSPS) is 31.6. The molecule has 3 aliphatic heterocycles. The standard InChI is InChI=1S/C24H25NO2/c26-18-6-7-22-20(13-18)19-8-9-25-14-16-11-17(10-15-4-2-1-3-5-15)23(25)21(12-16)24(19)27-22/h1-7,13,16-17,21,23,26H,8-12,14H2. The molecule has 27 heavy (non-hydrogen) atoms. The molecule has 0 radical (unpaired) electrons. The zero-order valence-electron chi connectivity index (χ0n) is 15.5. The summed E-state index contributed by atoms with van der Waals surface area (Å²) in [6.07, 6.45) is 4.81. The number of piperidine rings is 2. The average Bonchev–Trinajstić information content (AvgIpc) is 2.99. The third-order valence-corrected chi connectivity index (χ3v) is 7.17. The van der Waals surface area contributed by atoms with Gasteiger partial charge in [0.1, 0.15) is 17.1 Å². The molecule has 138 valence electrons. The van der Waals surface area contributed by atoms with Crippen molar-refractivity contribution in [2.24, 2.45) is 11.8 Å². The molecule has 4 bridgehead atoms. The zero-order chi connectivity index (χ0) is 18.0. The van der Waals surface area contributed by atoms with Gasteiger partial charge in [0.05, 0.1) is 0 Å². The van der Waals surface area contributed by atoms with E-state index in [9.17, 15) is 5.11 Å². The van der Waals surface area contributed by atoms with Crippen LogP contribution in [0.2, 0.25) is 0 Å². The van der Waals surface area contributed by atoms with Gasteiger partial charge in [-0.2, -0.15) is 0 Å². The number of phenols is 1. The highest BCUT2D eigenvalue weighted by Gasteiger charge is 2.50. The summed E-state index contributed by atoms with van der Waals surface area (Å²) in [5, 5.41) is 11.1. The van der Waals surface area contributed by atoms with Gasteiger partial charge >= 0.3 is 0 Å². The van der Waals surface area contributed by atoms with Crippen LogP contribution in [0.4, 0.5) is 0 Å². The van der Waals surface area contributed by atoms with Crippen LogP contribution in [0.25, 0.3) is 11.0 Å². The molecule has 2 saturated heterocycles. The van der Waals surface area contributed by atoms with E-state index in [1.54, 1.807) is 6.07 Å². The Morgan fingerprint density at radius 1 is 1.07 bits per heavy atom. The molecule has 7 rings (SSSR count). The summed E-state index contributed by atoms with van der Waals surface area (Å²) in [6.45, 7) is 2.36. The molecule has 1 aliphatic carbocycles. The Hall–Kier alpha value is -2.26. The Morgan fingerprint density at radius 2 is 1.96 bits per heavy atom. The fraction of sp³-hybridized carbons (Fsp3) is 0.417. The van der Waals surface area contributed by atoms with E-state index in [2.05, 4.69) is 35.2 Å². The number of furan rings is 1. The van der Waals surface area contributed by atoms with Crippen LogP contribution in [-0.4, -0.2) is 29.1 Å². The van der Waals surface area contributed by atoms with Gasteiger partial charge in [0.25, 0.3) is 0 Å². The average molecular weight is 359 g/mol.